The average molecular weight is 373 g/mol. The van der Waals surface area contributed by atoms with Gasteiger partial charge in [0.15, 0.2) is 10.9 Å². The summed E-state index contributed by atoms with van der Waals surface area (Å²) in [4.78, 5) is 28.5. The smallest absolute Gasteiger partial charge is 0.226 e. The Labute approximate surface area is 137 Å². The fourth-order valence-electron chi connectivity index (χ4n) is 2.76. The van der Waals surface area contributed by atoms with Gasteiger partial charge in [-0.05, 0) is 19.3 Å². The van der Waals surface area contributed by atoms with Gasteiger partial charge in [-0.2, -0.15) is 0 Å². The fraction of sp³-hybridized carbons (Fsp3) is 0.667. The molecule has 1 N–H and O–H groups in total. The van der Waals surface area contributed by atoms with Crippen molar-refractivity contribution in [3.8, 4) is 0 Å². The molecular weight excluding hydrogens is 352 g/mol. The molecule has 1 amide bonds. The Morgan fingerprint density at radius 1 is 1.33 bits per heavy atom. The maximum atomic E-state index is 12.0. The molecule has 6 heteroatoms. The van der Waals surface area contributed by atoms with E-state index >= 15 is 0 Å². The third kappa shape index (κ3) is 4.88. The second kappa shape index (κ2) is 8.03. The number of Topliss-reactive ketones (excluding diaryl/α,β-unsaturated/α-hetero) is 1. The first-order valence-corrected chi connectivity index (χ1v) is 9.40. The average Bonchev–Trinajstić information content (AvgIpc) is 2.86. The van der Waals surface area contributed by atoms with Gasteiger partial charge in [-0.3, -0.25) is 9.59 Å². The second-order valence-electron chi connectivity index (χ2n) is 5.58. The van der Waals surface area contributed by atoms with Crippen molar-refractivity contribution in [2.75, 3.05) is 10.6 Å². The molecule has 4 nitrogen and oxygen atoms in total. The highest BCUT2D eigenvalue weighted by Gasteiger charge is 2.17. The Morgan fingerprint density at radius 3 is 2.71 bits per heavy atom. The van der Waals surface area contributed by atoms with Crippen LogP contribution in [0.5, 0.6) is 0 Å². The van der Waals surface area contributed by atoms with Crippen molar-refractivity contribution >= 4 is 44.1 Å². The highest BCUT2D eigenvalue weighted by molar-refractivity contribution is 9.09. The molecule has 1 aliphatic carbocycles. The molecular formula is C15H21BrN2O2S. The molecule has 0 aromatic carbocycles. The molecule has 0 bridgehead atoms. The lowest BCUT2D eigenvalue weighted by atomic mass is 9.86. The van der Waals surface area contributed by atoms with Crippen molar-refractivity contribution in [3.05, 3.63) is 10.6 Å². The predicted molar refractivity (Wildman–Crippen MR) is 89.4 cm³/mol. The number of halogens is 1. The van der Waals surface area contributed by atoms with Gasteiger partial charge < -0.3 is 5.32 Å². The Hall–Kier alpha value is -0.750. The summed E-state index contributed by atoms with van der Waals surface area (Å²) in [6.45, 7) is 1.80. The van der Waals surface area contributed by atoms with E-state index in [1.807, 2.05) is 0 Å². The molecule has 1 saturated carbocycles. The van der Waals surface area contributed by atoms with E-state index in [9.17, 15) is 9.59 Å². The SMILES string of the molecule is Cc1nc(NC(=O)CCC2CCCCC2)sc1C(=O)CBr. The molecule has 0 unspecified atom stereocenters. The van der Waals surface area contributed by atoms with Crippen LogP contribution >= 0.6 is 27.3 Å². The van der Waals surface area contributed by atoms with E-state index in [1.165, 1.54) is 43.4 Å². The molecule has 1 aromatic rings. The summed E-state index contributed by atoms with van der Waals surface area (Å²) < 4.78 is 0. The monoisotopic (exact) mass is 372 g/mol. The van der Waals surface area contributed by atoms with Gasteiger partial charge in [0.05, 0.1) is 15.9 Å². The van der Waals surface area contributed by atoms with E-state index in [2.05, 4.69) is 26.2 Å². The number of hydrogen-bond acceptors (Lipinski definition) is 4. The van der Waals surface area contributed by atoms with Crippen molar-refractivity contribution in [3.63, 3.8) is 0 Å². The molecule has 1 fully saturated rings. The van der Waals surface area contributed by atoms with E-state index in [4.69, 9.17) is 0 Å². The number of nitrogens with one attached hydrogen (secondary N) is 1. The van der Waals surface area contributed by atoms with Crippen LogP contribution in [0.2, 0.25) is 0 Å². The standard InChI is InChI=1S/C15H21BrN2O2S/c1-10-14(12(19)9-16)21-15(17-10)18-13(20)8-7-11-5-3-2-4-6-11/h11H,2-9H2,1H3,(H,17,18,20). The van der Waals surface area contributed by atoms with Crippen molar-refractivity contribution in [1.82, 2.24) is 4.98 Å². The zero-order chi connectivity index (χ0) is 15.2. The molecule has 2 rings (SSSR count). The maximum absolute atomic E-state index is 12.0. The largest absolute Gasteiger partial charge is 0.302 e. The minimum Gasteiger partial charge on any atom is -0.302 e. The Kier molecular flexibility index (Phi) is 6.36. The van der Waals surface area contributed by atoms with Gasteiger partial charge >= 0.3 is 0 Å². The van der Waals surface area contributed by atoms with Crippen molar-refractivity contribution in [2.45, 2.75) is 51.9 Å². The van der Waals surface area contributed by atoms with Crippen molar-refractivity contribution in [1.29, 1.82) is 0 Å². The minimum absolute atomic E-state index is 0.00663. The lowest BCUT2D eigenvalue weighted by molar-refractivity contribution is -0.116. The van der Waals surface area contributed by atoms with E-state index < -0.39 is 0 Å². The van der Waals surface area contributed by atoms with Crippen LogP contribution in [0.4, 0.5) is 5.13 Å². The highest BCUT2D eigenvalue weighted by atomic mass is 79.9. The number of hydrogen-bond donors (Lipinski definition) is 1. The van der Waals surface area contributed by atoms with E-state index in [0.717, 1.165) is 6.42 Å². The molecule has 0 radical (unpaired) electrons. The topological polar surface area (TPSA) is 59.1 Å². The number of rotatable bonds is 6. The highest BCUT2D eigenvalue weighted by Crippen LogP contribution is 2.28. The molecule has 1 aliphatic rings. The molecule has 21 heavy (non-hydrogen) atoms. The van der Waals surface area contributed by atoms with Crippen molar-refractivity contribution in [2.24, 2.45) is 5.92 Å². The van der Waals surface area contributed by atoms with Crippen molar-refractivity contribution < 1.29 is 9.59 Å². The molecule has 1 aromatic heterocycles. The number of aromatic nitrogens is 1. The fourth-order valence-corrected chi connectivity index (χ4v) is 4.15. The number of ketones is 1. The number of aryl methyl sites for hydroxylation is 1. The van der Waals surface area contributed by atoms with Crippen LogP contribution in [-0.2, 0) is 4.79 Å². The quantitative estimate of drug-likeness (QED) is 0.597. The van der Waals surface area contributed by atoms with E-state index in [-0.39, 0.29) is 17.0 Å². The number of nitrogens with zero attached hydrogens (tertiary/aromatic N) is 1. The number of alkyl halides is 1. The Morgan fingerprint density at radius 2 is 2.05 bits per heavy atom. The van der Waals surface area contributed by atoms with Crippen LogP contribution in [-0.4, -0.2) is 22.0 Å². The van der Waals surface area contributed by atoms with E-state index in [1.54, 1.807) is 6.92 Å². The van der Waals surface area contributed by atoms with Gasteiger partial charge in [0.25, 0.3) is 0 Å². The lowest BCUT2D eigenvalue weighted by Gasteiger charge is -2.20. The van der Waals surface area contributed by atoms with Crippen LogP contribution in [0.15, 0.2) is 0 Å². The summed E-state index contributed by atoms with van der Waals surface area (Å²) in [5, 5.41) is 3.64. The summed E-state index contributed by atoms with van der Waals surface area (Å²) in [7, 11) is 0. The van der Waals surface area contributed by atoms with Gasteiger partial charge in [-0.15, -0.1) is 0 Å². The Bertz CT molecular complexity index is 510. The van der Waals surface area contributed by atoms with Gasteiger partial charge in [0, 0.05) is 6.42 Å². The third-order valence-corrected chi connectivity index (χ3v) is 5.55. The molecule has 1 heterocycles. The summed E-state index contributed by atoms with van der Waals surface area (Å²) in [6.07, 6.45) is 7.97. The summed E-state index contributed by atoms with van der Waals surface area (Å²) >= 11 is 4.42. The molecule has 0 spiro atoms. The summed E-state index contributed by atoms with van der Waals surface area (Å²) in [5.74, 6) is 0.716. The normalized spacial score (nSPS) is 15.9. The number of amides is 1. The van der Waals surface area contributed by atoms with Gasteiger partial charge in [0.2, 0.25) is 5.91 Å². The number of carbonyl (C=O) groups excluding carboxylic acids is 2. The van der Waals surface area contributed by atoms with Gasteiger partial charge in [-0.25, -0.2) is 4.98 Å². The number of carbonyl (C=O) groups is 2. The second-order valence-corrected chi connectivity index (χ2v) is 7.14. The minimum atomic E-state index is 0.00663. The van der Waals surface area contributed by atoms with Gasteiger partial charge in [0.1, 0.15) is 0 Å². The molecule has 0 saturated heterocycles. The van der Waals surface area contributed by atoms with Crippen LogP contribution in [0.3, 0.4) is 0 Å². The summed E-state index contributed by atoms with van der Waals surface area (Å²) in [6, 6.07) is 0. The van der Waals surface area contributed by atoms with Crippen LogP contribution < -0.4 is 5.32 Å². The van der Waals surface area contributed by atoms with Crippen LogP contribution in [0, 0.1) is 12.8 Å². The summed E-state index contributed by atoms with van der Waals surface area (Å²) in [5.41, 5.74) is 0.687. The van der Waals surface area contributed by atoms with Crippen LogP contribution in [0.1, 0.15) is 60.3 Å². The number of anilines is 1. The van der Waals surface area contributed by atoms with E-state index in [0.29, 0.717) is 28.0 Å². The third-order valence-electron chi connectivity index (χ3n) is 3.92. The Balaban J connectivity index is 1.83. The zero-order valence-corrected chi connectivity index (χ0v) is 14.7. The first-order chi connectivity index (χ1) is 10.1. The van der Waals surface area contributed by atoms with Gasteiger partial charge in [-0.1, -0.05) is 59.4 Å². The first-order valence-electron chi connectivity index (χ1n) is 7.46. The first kappa shape index (κ1) is 16.6. The maximum Gasteiger partial charge on any atom is 0.226 e. The molecule has 0 aliphatic heterocycles. The zero-order valence-electron chi connectivity index (χ0n) is 12.3. The van der Waals surface area contributed by atoms with Crippen LogP contribution in [0.25, 0.3) is 0 Å². The molecule has 116 valence electrons. The molecule has 0 atom stereocenters. The lowest BCUT2D eigenvalue weighted by Crippen LogP contribution is -2.14. The predicted octanol–water partition coefficient (Wildman–Crippen LogP) is 4.33. The number of thiazole rings is 1.